The third kappa shape index (κ3) is 3.97. The predicted molar refractivity (Wildman–Crippen MR) is 68.7 cm³/mol. The van der Waals surface area contributed by atoms with Gasteiger partial charge in [0.15, 0.2) is 0 Å². The van der Waals surface area contributed by atoms with Gasteiger partial charge in [-0.15, -0.1) is 11.6 Å². The first-order valence-corrected chi connectivity index (χ1v) is 6.82. The first-order chi connectivity index (χ1) is 7.45. The number of likely N-dealkylation sites (tertiary alicyclic amines) is 1. The molecular formula is C13H24ClNO. The van der Waals surface area contributed by atoms with Gasteiger partial charge in [-0.2, -0.15) is 0 Å². The number of nitrogens with zero attached hydrogens (tertiary/aromatic N) is 1. The van der Waals surface area contributed by atoms with Crippen molar-refractivity contribution in [2.75, 3.05) is 19.0 Å². The fourth-order valence-corrected chi connectivity index (χ4v) is 2.51. The van der Waals surface area contributed by atoms with Crippen LogP contribution in [0.15, 0.2) is 0 Å². The monoisotopic (exact) mass is 245 g/mol. The van der Waals surface area contributed by atoms with Crippen molar-refractivity contribution >= 4 is 17.5 Å². The highest BCUT2D eigenvalue weighted by atomic mass is 35.5. The van der Waals surface area contributed by atoms with E-state index >= 15 is 0 Å². The lowest BCUT2D eigenvalue weighted by molar-refractivity contribution is -0.130. The van der Waals surface area contributed by atoms with Crippen molar-refractivity contribution in [1.82, 2.24) is 4.90 Å². The number of rotatable bonds is 3. The molecule has 1 amide bonds. The van der Waals surface area contributed by atoms with E-state index in [4.69, 9.17) is 11.6 Å². The first-order valence-electron chi connectivity index (χ1n) is 6.29. The van der Waals surface area contributed by atoms with Crippen molar-refractivity contribution in [2.24, 2.45) is 11.3 Å². The maximum absolute atomic E-state index is 11.9. The Kier molecular flexibility index (Phi) is 5.10. The number of hydrogen-bond donors (Lipinski definition) is 0. The molecule has 1 aliphatic rings. The zero-order valence-corrected chi connectivity index (χ0v) is 11.5. The van der Waals surface area contributed by atoms with Gasteiger partial charge in [0, 0.05) is 25.4 Å². The Morgan fingerprint density at radius 3 is 2.62 bits per heavy atom. The number of amides is 1. The molecule has 0 aromatic heterocycles. The van der Waals surface area contributed by atoms with Crippen LogP contribution in [-0.2, 0) is 4.79 Å². The Morgan fingerprint density at radius 1 is 1.38 bits per heavy atom. The van der Waals surface area contributed by atoms with E-state index in [1.54, 1.807) is 0 Å². The van der Waals surface area contributed by atoms with Crippen LogP contribution in [0.1, 0.15) is 46.5 Å². The zero-order valence-electron chi connectivity index (χ0n) is 10.8. The van der Waals surface area contributed by atoms with E-state index < -0.39 is 0 Å². The standard InChI is InChI=1S/C13H24ClNO/c1-13(2,3)11-5-6-12(16)15(10-7-11)9-4-8-14/h11H,4-10H2,1-3H3. The second-order valence-electron chi connectivity index (χ2n) is 5.81. The zero-order chi connectivity index (χ0) is 12.2. The van der Waals surface area contributed by atoms with Gasteiger partial charge in [0.2, 0.25) is 5.91 Å². The van der Waals surface area contributed by atoms with Crippen LogP contribution in [0.2, 0.25) is 0 Å². The minimum atomic E-state index is 0.317. The summed E-state index contributed by atoms with van der Waals surface area (Å²) in [6.45, 7) is 8.57. The molecule has 0 N–H and O–H groups in total. The molecule has 1 aliphatic heterocycles. The van der Waals surface area contributed by atoms with Crippen molar-refractivity contribution in [1.29, 1.82) is 0 Å². The maximum Gasteiger partial charge on any atom is 0.222 e. The highest BCUT2D eigenvalue weighted by molar-refractivity contribution is 6.17. The van der Waals surface area contributed by atoms with E-state index in [9.17, 15) is 4.79 Å². The lowest BCUT2D eigenvalue weighted by Crippen LogP contribution is -2.31. The maximum atomic E-state index is 11.9. The molecule has 0 aromatic carbocycles. The Bertz CT molecular complexity index is 235. The van der Waals surface area contributed by atoms with Gasteiger partial charge < -0.3 is 4.90 Å². The Hall–Kier alpha value is -0.240. The molecule has 1 heterocycles. The van der Waals surface area contributed by atoms with Crippen LogP contribution < -0.4 is 0 Å². The third-order valence-corrected chi connectivity index (χ3v) is 3.86. The number of carbonyl (C=O) groups is 1. The van der Waals surface area contributed by atoms with E-state index in [0.717, 1.165) is 32.4 Å². The molecule has 94 valence electrons. The van der Waals surface area contributed by atoms with Crippen LogP contribution in [-0.4, -0.2) is 29.8 Å². The minimum Gasteiger partial charge on any atom is -0.343 e. The summed E-state index contributed by atoms with van der Waals surface area (Å²) < 4.78 is 0. The summed E-state index contributed by atoms with van der Waals surface area (Å²) in [5, 5.41) is 0. The summed E-state index contributed by atoms with van der Waals surface area (Å²) in [5.41, 5.74) is 0.322. The van der Waals surface area contributed by atoms with Crippen molar-refractivity contribution < 1.29 is 4.79 Å². The molecule has 3 heteroatoms. The molecule has 0 saturated carbocycles. The lowest BCUT2D eigenvalue weighted by atomic mass is 9.77. The van der Waals surface area contributed by atoms with Gasteiger partial charge in [-0.05, 0) is 30.6 Å². The topological polar surface area (TPSA) is 20.3 Å². The summed E-state index contributed by atoms with van der Waals surface area (Å²) in [5.74, 6) is 1.63. The van der Waals surface area contributed by atoms with Gasteiger partial charge in [-0.25, -0.2) is 0 Å². The van der Waals surface area contributed by atoms with E-state index in [1.807, 2.05) is 4.90 Å². The Labute approximate surface area is 104 Å². The van der Waals surface area contributed by atoms with Gasteiger partial charge in [0.05, 0.1) is 0 Å². The normalized spacial score (nSPS) is 23.4. The van der Waals surface area contributed by atoms with Crippen molar-refractivity contribution in [3.63, 3.8) is 0 Å². The lowest BCUT2D eigenvalue weighted by Gasteiger charge is -2.29. The molecular weight excluding hydrogens is 222 g/mol. The molecule has 1 fully saturated rings. The molecule has 0 spiro atoms. The van der Waals surface area contributed by atoms with Gasteiger partial charge in [-0.1, -0.05) is 20.8 Å². The summed E-state index contributed by atoms with van der Waals surface area (Å²) >= 11 is 5.67. The second-order valence-corrected chi connectivity index (χ2v) is 6.19. The highest BCUT2D eigenvalue weighted by Gasteiger charge is 2.29. The number of hydrogen-bond acceptors (Lipinski definition) is 1. The molecule has 0 bridgehead atoms. The van der Waals surface area contributed by atoms with Crippen LogP contribution in [0, 0.1) is 11.3 Å². The number of carbonyl (C=O) groups excluding carboxylic acids is 1. The van der Waals surface area contributed by atoms with Crippen LogP contribution in [0.3, 0.4) is 0 Å². The summed E-state index contributed by atoms with van der Waals surface area (Å²) in [6, 6.07) is 0. The van der Waals surface area contributed by atoms with E-state index in [-0.39, 0.29) is 0 Å². The fraction of sp³-hybridized carbons (Fsp3) is 0.923. The van der Waals surface area contributed by atoms with Crippen molar-refractivity contribution in [2.45, 2.75) is 46.5 Å². The molecule has 1 rings (SSSR count). The largest absolute Gasteiger partial charge is 0.343 e. The fourth-order valence-electron chi connectivity index (χ4n) is 2.39. The van der Waals surface area contributed by atoms with Crippen LogP contribution >= 0.6 is 11.6 Å². The van der Waals surface area contributed by atoms with Crippen molar-refractivity contribution in [3.05, 3.63) is 0 Å². The number of halogens is 1. The quantitative estimate of drug-likeness (QED) is 0.699. The molecule has 1 unspecified atom stereocenters. The van der Waals surface area contributed by atoms with Gasteiger partial charge >= 0.3 is 0 Å². The summed E-state index contributed by atoms with van der Waals surface area (Å²) in [7, 11) is 0. The van der Waals surface area contributed by atoms with Crippen LogP contribution in [0.4, 0.5) is 0 Å². The second kappa shape index (κ2) is 5.90. The summed E-state index contributed by atoms with van der Waals surface area (Å²) in [4.78, 5) is 13.9. The van der Waals surface area contributed by atoms with E-state index in [2.05, 4.69) is 20.8 Å². The Morgan fingerprint density at radius 2 is 2.06 bits per heavy atom. The number of alkyl halides is 1. The van der Waals surface area contributed by atoms with E-state index in [1.165, 1.54) is 0 Å². The summed E-state index contributed by atoms with van der Waals surface area (Å²) in [6.07, 6.45) is 3.80. The molecule has 0 aromatic rings. The molecule has 0 aliphatic carbocycles. The first kappa shape index (κ1) is 13.8. The highest BCUT2D eigenvalue weighted by Crippen LogP contribution is 2.34. The van der Waals surface area contributed by atoms with Gasteiger partial charge in [-0.3, -0.25) is 4.79 Å². The van der Waals surface area contributed by atoms with Crippen molar-refractivity contribution in [3.8, 4) is 0 Å². The molecule has 0 radical (unpaired) electrons. The van der Waals surface area contributed by atoms with E-state index in [0.29, 0.717) is 29.5 Å². The average molecular weight is 246 g/mol. The molecule has 16 heavy (non-hydrogen) atoms. The predicted octanol–water partition coefficient (Wildman–Crippen LogP) is 3.29. The van der Waals surface area contributed by atoms with Crippen LogP contribution in [0.5, 0.6) is 0 Å². The molecule has 1 atom stereocenters. The molecule has 1 saturated heterocycles. The molecule has 2 nitrogen and oxygen atoms in total. The minimum absolute atomic E-state index is 0.317. The van der Waals surface area contributed by atoms with Gasteiger partial charge in [0.1, 0.15) is 0 Å². The third-order valence-electron chi connectivity index (χ3n) is 3.59. The van der Waals surface area contributed by atoms with Crippen LogP contribution in [0.25, 0.3) is 0 Å². The smallest absolute Gasteiger partial charge is 0.222 e. The SMILES string of the molecule is CC(C)(C)C1CCC(=O)N(CCCCl)CC1. The van der Waals surface area contributed by atoms with Gasteiger partial charge in [0.25, 0.3) is 0 Å². The average Bonchev–Trinajstić information content (AvgIpc) is 2.37. The Balaban J connectivity index is 2.52.